The molecule has 0 saturated heterocycles. The molecule has 0 fully saturated rings. The lowest BCUT2D eigenvalue weighted by atomic mass is 10.0. The first kappa shape index (κ1) is 27.0. The zero-order valence-electron chi connectivity index (χ0n) is 21.1. The van der Waals surface area contributed by atoms with Gasteiger partial charge in [-0.3, -0.25) is 0 Å². The van der Waals surface area contributed by atoms with Crippen LogP contribution in [0.15, 0.2) is 42.7 Å². The molecule has 0 aliphatic carbocycles. The lowest BCUT2D eigenvalue weighted by molar-refractivity contribution is -0.697. The molecule has 1 aromatic carbocycles. The number of hydrogen-bond acceptors (Lipinski definition) is 2. The normalized spacial score (nSPS) is 11.3. The summed E-state index contributed by atoms with van der Waals surface area (Å²) in [5.41, 5.74) is 2.17. The number of aromatic hydroxyl groups is 1. The van der Waals surface area contributed by atoms with Gasteiger partial charge in [-0.05, 0) is 29.7 Å². The monoisotopic (exact) mass is 452 g/mol. The van der Waals surface area contributed by atoms with Crippen molar-refractivity contribution in [3.05, 3.63) is 53.9 Å². The van der Waals surface area contributed by atoms with E-state index in [0.717, 1.165) is 12.1 Å². The molecule has 2 rings (SSSR count). The molecule has 1 heterocycles. The van der Waals surface area contributed by atoms with Crippen molar-refractivity contribution in [2.75, 3.05) is 7.11 Å². The molecule has 0 aliphatic heterocycles. The van der Waals surface area contributed by atoms with E-state index in [0.29, 0.717) is 5.75 Å². The van der Waals surface area contributed by atoms with E-state index in [2.05, 4.69) is 42.1 Å². The highest BCUT2D eigenvalue weighted by Gasteiger charge is 2.02. The van der Waals surface area contributed by atoms with E-state index in [-0.39, 0.29) is 5.75 Å². The SMILES string of the molecule is CCCCCCCCCCCCCCCC[n+]1ccc(/C=C/c2ccc(O)c(OC)c2)cc1. The molecule has 0 atom stereocenters. The van der Waals surface area contributed by atoms with Crippen LogP contribution in [0.5, 0.6) is 11.5 Å². The summed E-state index contributed by atoms with van der Waals surface area (Å²) in [5, 5.41) is 9.70. The van der Waals surface area contributed by atoms with Crippen LogP contribution >= 0.6 is 0 Å². The Bertz CT molecular complexity index is 782. The van der Waals surface area contributed by atoms with Crippen molar-refractivity contribution in [3.8, 4) is 11.5 Å². The summed E-state index contributed by atoms with van der Waals surface area (Å²) in [5.74, 6) is 0.662. The highest BCUT2D eigenvalue weighted by Crippen LogP contribution is 2.27. The molecule has 0 amide bonds. The van der Waals surface area contributed by atoms with Gasteiger partial charge in [0.1, 0.15) is 6.54 Å². The molecule has 0 spiro atoms. The molecule has 33 heavy (non-hydrogen) atoms. The third-order valence-electron chi connectivity index (χ3n) is 6.36. The van der Waals surface area contributed by atoms with Gasteiger partial charge in [0.2, 0.25) is 0 Å². The van der Waals surface area contributed by atoms with E-state index >= 15 is 0 Å². The number of hydrogen-bond donors (Lipinski definition) is 1. The average molecular weight is 453 g/mol. The molecular formula is C30H46NO2+. The quantitative estimate of drug-likeness (QED) is 0.182. The van der Waals surface area contributed by atoms with Crippen LogP contribution in [-0.4, -0.2) is 12.2 Å². The minimum Gasteiger partial charge on any atom is -0.504 e. The third kappa shape index (κ3) is 11.9. The Morgan fingerprint density at radius 1 is 0.697 bits per heavy atom. The fourth-order valence-corrected chi connectivity index (χ4v) is 4.21. The number of unbranched alkanes of at least 4 members (excludes halogenated alkanes) is 13. The Balaban J connectivity index is 1.51. The number of aromatic nitrogens is 1. The van der Waals surface area contributed by atoms with Crippen molar-refractivity contribution in [3.63, 3.8) is 0 Å². The molecule has 0 aliphatic rings. The average Bonchev–Trinajstić information content (AvgIpc) is 2.84. The molecule has 0 radical (unpaired) electrons. The third-order valence-corrected chi connectivity index (χ3v) is 6.36. The van der Waals surface area contributed by atoms with Crippen LogP contribution < -0.4 is 9.30 Å². The van der Waals surface area contributed by atoms with Crippen LogP contribution in [0, 0.1) is 0 Å². The fourth-order valence-electron chi connectivity index (χ4n) is 4.21. The summed E-state index contributed by atoms with van der Waals surface area (Å²) < 4.78 is 7.45. The standard InChI is InChI=1S/C30H45NO2/c1-3-4-5-6-7-8-9-10-11-12-13-14-15-16-23-31-24-21-27(22-25-31)17-18-28-19-20-29(32)30(26-28)33-2/h17-22,24-26H,3-16,23H2,1-2H3/p+1. The van der Waals surface area contributed by atoms with Crippen LogP contribution in [0.25, 0.3) is 12.2 Å². The van der Waals surface area contributed by atoms with Crippen molar-refractivity contribution < 1.29 is 14.4 Å². The number of phenolic OH excluding ortho intramolecular Hbond substituents is 1. The number of rotatable bonds is 18. The van der Waals surface area contributed by atoms with Gasteiger partial charge >= 0.3 is 0 Å². The van der Waals surface area contributed by atoms with E-state index in [4.69, 9.17) is 4.74 Å². The molecule has 3 nitrogen and oxygen atoms in total. The lowest BCUT2D eigenvalue weighted by Gasteiger charge is -2.03. The van der Waals surface area contributed by atoms with Gasteiger partial charge < -0.3 is 9.84 Å². The Morgan fingerprint density at radius 3 is 1.76 bits per heavy atom. The first-order valence-electron chi connectivity index (χ1n) is 13.3. The van der Waals surface area contributed by atoms with Gasteiger partial charge in [0, 0.05) is 18.6 Å². The number of benzene rings is 1. The molecule has 2 aromatic rings. The molecule has 0 saturated carbocycles. The number of aryl methyl sites for hydroxylation is 1. The number of phenols is 1. The predicted octanol–water partition coefficient (Wildman–Crippen LogP) is 8.34. The fraction of sp³-hybridized carbons (Fsp3) is 0.567. The zero-order chi connectivity index (χ0) is 23.6. The van der Waals surface area contributed by atoms with Crippen molar-refractivity contribution in [2.45, 2.75) is 103 Å². The summed E-state index contributed by atoms with van der Waals surface area (Å²) in [6, 6.07) is 9.68. The maximum absolute atomic E-state index is 9.70. The van der Waals surface area contributed by atoms with Gasteiger partial charge in [-0.15, -0.1) is 0 Å². The van der Waals surface area contributed by atoms with Gasteiger partial charge in [-0.2, -0.15) is 0 Å². The second kappa shape index (κ2) is 17.2. The van der Waals surface area contributed by atoms with Gasteiger partial charge in [0.25, 0.3) is 0 Å². The first-order chi connectivity index (χ1) is 16.2. The molecule has 0 bridgehead atoms. The van der Waals surface area contributed by atoms with E-state index in [1.54, 1.807) is 13.2 Å². The smallest absolute Gasteiger partial charge is 0.169 e. The highest BCUT2D eigenvalue weighted by atomic mass is 16.5. The minimum atomic E-state index is 0.166. The van der Waals surface area contributed by atoms with E-state index in [1.165, 1.54) is 95.5 Å². The largest absolute Gasteiger partial charge is 0.504 e. The Labute approximate surface area is 202 Å². The number of methoxy groups -OCH3 is 1. The van der Waals surface area contributed by atoms with Gasteiger partial charge in [0.15, 0.2) is 23.9 Å². The van der Waals surface area contributed by atoms with Crippen LogP contribution in [0.3, 0.4) is 0 Å². The summed E-state index contributed by atoms with van der Waals surface area (Å²) in [6.07, 6.45) is 28.1. The van der Waals surface area contributed by atoms with Crippen molar-refractivity contribution >= 4 is 12.2 Å². The summed E-state index contributed by atoms with van der Waals surface area (Å²) >= 11 is 0. The van der Waals surface area contributed by atoms with E-state index in [9.17, 15) is 5.11 Å². The number of ether oxygens (including phenoxy) is 1. The van der Waals surface area contributed by atoms with E-state index in [1.807, 2.05) is 18.2 Å². The number of nitrogens with zero attached hydrogens (tertiary/aromatic N) is 1. The molecule has 3 heteroatoms. The number of pyridine rings is 1. The van der Waals surface area contributed by atoms with Crippen molar-refractivity contribution in [1.29, 1.82) is 0 Å². The maximum atomic E-state index is 9.70. The highest BCUT2D eigenvalue weighted by molar-refractivity contribution is 5.70. The molecule has 1 aromatic heterocycles. The summed E-state index contributed by atoms with van der Waals surface area (Å²) in [6.45, 7) is 3.38. The molecular weight excluding hydrogens is 406 g/mol. The molecule has 1 N–H and O–H groups in total. The molecule has 182 valence electrons. The van der Waals surface area contributed by atoms with Crippen molar-refractivity contribution in [1.82, 2.24) is 0 Å². The Hall–Kier alpha value is -2.29. The molecule has 0 unspecified atom stereocenters. The first-order valence-corrected chi connectivity index (χ1v) is 13.3. The Kier molecular flexibility index (Phi) is 14.1. The maximum Gasteiger partial charge on any atom is 0.169 e. The Morgan fingerprint density at radius 2 is 1.21 bits per heavy atom. The van der Waals surface area contributed by atoms with Gasteiger partial charge in [0.05, 0.1) is 7.11 Å². The van der Waals surface area contributed by atoms with Crippen LogP contribution in [-0.2, 0) is 6.54 Å². The van der Waals surface area contributed by atoms with Crippen LogP contribution in [0.4, 0.5) is 0 Å². The van der Waals surface area contributed by atoms with Crippen LogP contribution in [0.1, 0.15) is 108 Å². The topological polar surface area (TPSA) is 33.3 Å². The minimum absolute atomic E-state index is 0.166. The summed E-state index contributed by atoms with van der Waals surface area (Å²) in [4.78, 5) is 0. The zero-order valence-corrected chi connectivity index (χ0v) is 21.1. The lowest BCUT2D eigenvalue weighted by Crippen LogP contribution is -2.32. The predicted molar refractivity (Wildman–Crippen MR) is 141 cm³/mol. The second-order valence-corrected chi connectivity index (χ2v) is 9.23. The summed E-state index contributed by atoms with van der Waals surface area (Å²) in [7, 11) is 1.57. The van der Waals surface area contributed by atoms with Crippen LogP contribution in [0.2, 0.25) is 0 Å². The van der Waals surface area contributed by atoms with Gasteiger partial charge in [-0.25, -0.2) is 4.57 Å². The van der Waals surface area contributed by atoms with Gasteiger partial charge in [-0.1, -0.05) is 102 Å². The van der Waals surface area contributed by atoms with Crippen molar-refractivity contribution in [2.24, 2.45) is 0 Å². The van der Waals surface area contributed by atoms with E-state index < -0.39 is 0 Å². The second-order valence-electron chi connectivity index (χ2n) is 9.23.